The maximum Gasteiger partial charge on any atom is 0.150 e. The van der Waals surface area contributed by atoms with E-state index in [0.29, 0.717) is 30.3 Å². The van der Waals surface area contributed by atoms with Crippen molar-refractivity contribution in [2.24, 2.45) is 13.0 Å². The summed E-state index contributed by atoms with van der Waals surface area (Å²) in [5, 5.41) is 10.8. The summed E-state index contributed by atoms with van der Waals surface area (Å²) in [4.78, 5) is 4.59. The molecule has 2 N–H and O–H groups in total. The molecule has 1 aliphatic rings. The van der Waals surface area contributed by atoms with Crippen LogP contribution in [0.1, 0.15) is 24.1 Å². The minimum Gasteiger partial charge on any atom is -0.369 e. The molecule has 7 heteroatoms. The second-order valence-electron chi connectivity index (χ2n) is 7.33. The molecule has 0 radical (unpaired) electrons. The number of aromatic nitrogens is 3. The summed E-state index contributed by atoms with van der Waals surface area (Å²) >= 11 is 0. The van der Waals surface area contributed by atoms with Gasteiger partial charge >= 0.3 is 0 Å². The van der Waals surface area contributed by atoms with Crippen LogP contribution >= 0.6 is 0 Å². The van der Waals surface area contributed by atoms with Crippen LogP contribution in [-0.2, 0) is 13.5 Å². The molecule has 0 amide bonds. The molecule has 4 rings (SSSR count). The number of rotatable bonds is 6. The van der Waals surface area contributed by atoms with Crippen molar-refractivity contribution >= 4 is 5.82 Å². The number of pyridine rings is 1. The topological polar surface area (TPSA) is 54.8 Å². The zero-order valence-corrected chi connectivity index (χ0v) is 15.9. The summed E-state index contributed by atoms with van der Waals surface area (Å²) in [5.41, 5.74) is 2.63. The highest BCUT2D eigenvalue weighted by Crippen LogP contribution is 2.35. The average molecular weight is 383 g/mol. The summed E-state index contributed by atoms with van der Waals surface area (Å²) in [6.07, 6.45) is 3.99. The summed E-state index contributed by atoms with van der Waals surface area (Å²) < 4.78 is 29.8. The smallest absolute Gasteiger partial charge is 0.150 e. The van der Waals surface area contributed by atoms with Crippen molar-refractivity contribution in [3.63, 3.8) is 0 Å². The quantitative estimate of drug-likeness (QED) is 0.682. The standard InChI is InChI=1S/C21H23F2N5/c1-13-10-25-19(13)17-9-18(23)20(15-11-26-28(2)12-15)27-21(17)24-7-6-14-4-3-5-16(22)8-14/h3-5,8-9,11-13,19,25H,6-7,10H2,1-2H3,(H,24,27). The molecule has 2 atom stereocenters. The third kappa shape index (κ3) is 3.75. The minimum atomic E-state index is -0.361. The number of nitrogens with one attached hydrogen (secondary N) is 2. The molecule has 2 aromatic heterocycles. The fourth-order valence-corrected chi connectivity index (χ4v) is 3.53. The Hall–Kier alpha value is -2.80. The van der Waals surface area contributed by atoms with E-state index in [2.05, 4.69) is 27.6 Å². The SMILES string of the molecule is CC1CNC1c1cc(F)c(-c2cnn(C)c2)nc1NCCc1cccc(F)c1. The van der Waals surface area contributed by atoms with Crippen molar-refractivity contribution in [2.75, 3.05) is 18.4 Å². The van der Waals surface area contributed by atoms with Crippen molar-refractivity contribution in [3.05, 3.63) is 65.5 Å². The lowest BCUT2D eigenvalue weighted by Gasteiger charge is -2.37. The maximum atomic E-state index is 14.8. The van der Waals surface area contributed by atoms with Gasteiger partial charge in [0.1, 0.15) is 23.1 Å². The predicted octanol–water partition coefficient (Wildman–Crippen LogP) is 3.70. The van der Waals surface area contributed by atoms with Gasteiger partial charge in [-0.05, 0) is 36.1 Å². The van der Waals surface area contributed by atoms with Crippen LogP contribution in [0.3, 0.4) is 0 Å². The Kier molecular flexibility index (Phi) is 5.09. The molecule has 2 unspecified atom stereocenters. The lowest BCUT2D eigenvalue weighted by Crippen LogP contribution is -2.44. The number of anilines is 1. The number of hydrogen-bond donors (Lipinski definition) is 2. The number of benzene rings is 1. The van der Waals surface area contributed by atoms with Gasteiger partial charge in [0.2, 0.25) is 0 Å². The number of halogens is 2. The second kappa shape index (κ2) is 7.67. The van der Waals surface area contributed by atoms with Gasteiger partial charge in [-0.15, -0.1) is 0 Å². The monoisotopic (exact) mass is 383 g/mol. The van der Waals surface area contributed by atoms with Gasteiger partial charge in [-0.3, -0.25) is 4.68 Å². The molecule has 1 aromatic carbocycles. The number of aryl methyl sites for hydroxylation is 1. The Bertz CT molecular complexity index is 985. The third-order valence-corrected chi connectivity index (χ3v) is 5.14. The first kappa shape index (κ1) is 18.6. The van der Waals surface area contributed by atoms with E-state index in [0.717, 1.165) is 17.7 Å². The Morgan fingerprint density at radius 3 is 2.79 bits per heavy atom. The van der Waals surface area contributed by atoms with E-state index < -0.39 is 0 Å². The van der Waals surface area contributed by atoms with Crippen LogP contribution in [0, 0.1) is 17.6 Å². The van der Waals surface area contributed by atoms with Crippen molar-refractivity contribution in [1.29, 1.82) is 0 Å². The van der Waals surface area contributed by atoms with Gasteiger partial charge in [0, 0.05) is 43.5 Å². The molecule has 5 nitrogen and oxygen atoms in total. The Balaban J connectivity index is 1.60. The predicted molar refractivity (Wildman–Crippen MR) is 105 cm³/mol. The van der Waals surface area contributed by atoms with Gasteiger partial charge in [0.15, 0.2) is 0 Å². The van der Waals surface area contributed by atoms with E-state index in [1.807, 2.05) is 6.07 Å². The average Bonchev–Trinajstić information content (AvgIpc) is 3.08. The van der Waals surface area contributed by atoms with E-state index in [1.165, 1.54) is 12.1 Å². The maximum absolute atomic E-state index is 14.8. The lowest BCUT2D eigenvalue weighted by molar-refractivity contribution is 0.258. The summed E-state index contributed by atoms with van der Waals surface area (Å²) in [5.74, 6) is 0.457. The molecule has 0 bridgehead atoms. The highest BCUT2D eigenvalue weighted by molar-refractivity contribution is 5.63. The first-order valence-corrected chi connectivity index (χ1v) is 9.42. The van der Waals surface area contributed by atoms with E-state index in [-0.39, 0.29) is 23.4 Å². The van der Waals surface area contributed by atoms with Crippen molar-refractivity contribution in [2.45, 2.75) is 19.4 Å². The molecule has 3 heterocycles. The second-order valence-corrected chi connectivity index (χ2v) is 7.33. The van der Waals surface area contributed by atoms with E-state index in [4.69, 9.17) is 0 Å². The lowest BCUT2D eigenvalue weighted by atomic mass is 9.87. The van der Waals surface area contributed by atoms with Gasteiger partial charge in [0.05, 0.1) is 6.20 Å². The Morgan fingerprint density at radius 2 is 2.14 bits per heavy atom. The summed E-state index contributed by atoms with van der Waals surface area (Å²) in [6.45, 7) is 3.60. The van der Waals surface area contributed by atoms with Crippen LogP contribution < -0.4 is 10.6 Å². The van der Waals surface area contributed by atoms with E-state index in [9.17, 15) is 8.78 Å². The fourth-order valence-electron chi connectivity index (χ4n) is 3.53. The van der Waals surface area contributed by atoms with Crippen molar-refractivity contribution in [1.82, 2.24) is 20.1 Å². The molecule has 28 heavy (non-hydrogen) atoms. The number of hydrogen-bond acceptors (Lipinski definition) is 4. The molecule has 0 saturated carbocycles. The zero-order chi connectivity index (χ0) is 19.7. The molecule has 0 aliphatic carbocycles. The van der Waals surface area contributed by atoms with Crippen LogP contribution in [0.4, 0.5) is 14.6 Å². The molecule has 1 aliphatic heterocycles. The van der Waals surface area contributed by atoms with Gasteiger partial charge in [0.25, 0.3) is 0 Å². The number of nitrogens with zero attached hydrogens (tertiary/aromatic N) is 3. The molecule has 146 valence electrons. The van der Waals surface area contributed by atoms with Crippen molar-refractivity contribution < 1.29 is 8.78 Å². The van der Waals surface area contributed by atoms with Crippen molar-refractivity contribution in [3.8, 4) is 11.3 Å². The van der Waals surface area contributed by atoms with Gasteiger partial charge in [-0.25, -0.2) is 13.8 Å². The molecular formula is C21H23F2N5. The van der Waals surface area contributed by atoms with Crippen LogP contribution in [0.25, 0.3) is 11.3 Å². The van der Waals surface area contributed by atoms with Gasteiger partial charge in [-0.2, -0.15) is 5.10 Å². The van der Waals surface area contributed by atoms with Crippen LogP contribution in [0.15, 0.2) is 42.7 Å². The molecule has 1 saturated heterocycles. The Labute approximate surface area is 162 Å². The van der Waals surface area contributed by atoms with Gasteiger partial charge in [-0.1, -0.05) is 19.1 Å². The van der Waals surface area contributed by atoms with Crippen LogP contribution in [0.5, 0.6) is 0 Å². The summed E-state index contributed by atoms with van der Waals surface area (Å²) in [6, 6.07) is 8.18. The normalized spacial score (nSPS) is 18.7. The van der Waals surface area contributed by atoms with Crippen LogP contribution in [0.2, 0.25) is 0 Å². The molecular weight excluding hydrogens is 360 g/mol. The van der Waals surface area contributed by atoms with Gasteiger partial charge < -0.3 is 10.6 Å². The largest absolute Gasteiger partial charge is 0.369 e. The highest BCUT2D eigenvalue weighted by Gasteiger charge is 2.31. The van der Waals surface area contributed by atoms with E-state index >= 15 is 0 Å². The first-order valence-electron chi connectivity index (χ1n) is 9.42. The molecule has 3 aromatic rings. The van der Waals surface area contributed by atoms with E-state index in [1.54, 1.807) is 36.3 Å². The first-order chi connectivity index (χ1) is 13.5. The fraction of sp³-hybridized carbons (Fsp3) is 0.333. The molecule has 0 spiro atoms. The Morgan fingerprint density at radius 1 is 1.29 bits per heavy atom. The highest BCUT2D eigenvalue weighted by atomic mass is 19.1. The minimum absolute atomic E-state index is 0.0709. The summed E-state index contributed by atoms with van der Waals surface area (Å²) in [7, 11) is 1.79. The van der Waals surface area contributed by atoms with Crippen LogP contribution in [-0.4, -0.2) is 27.9 Å². The molecule has 1 fully saturated rings. The zero-order valence-electron chi connectivity index (χ0n) is 15.9. The third-order valence-electron chi connectivity index (χ3n) is 5.14.